The highest BCUT2D eigenvalue weighted by molar-refractivity contribution is 5.86. The molecular weight excluding hydrogens is 282 g/mol. The molecule has 0 aliphatic carbocycles. The summed E-state index contributed by atoms with van der Waals surface area (Å²) in [6.45, 7) is 2.53. The van der Waals surface area contributed by atoms with Crippen molar-refractivity contribution in [2.24, 2.45) is 5.92 Å². The normalized spacial score (nSPS) is 18.6. The van der Waals surface area contributed by atoms with Gasteiger partial charge in [0.25, 0.3) is 0 Å². The van der Waals surface area contributed by atoms with E-state index in [1.807, 2.05) is 12.1 Å². The molecule has 22 heavy (non-hydrogen) atoms. The molecule has 2 aromatic rings. The van der Waals surface area contributed by atoms with Crippen LogP contribution in [-0.2, 0) is 13.0 Å². The number of aromatic amines is 1. The molecule has 1 saturated heterocycles. The summed E-state index contributed by atoms with van der Waals surface area (Å²) < 4.78 is 0. The second-order valence-electron chi connectivity index (χ2n) is 5.84. The first-order valence-corrected chi connectivity index (χ1v) is 7.37. The van der Waals surface area contributed by atoms with Crippen molar-refractivity contribution in [1.82, 2.24) is 15.1 Å². The first kappa shape index (κ1) is 14.6. The Balaban J connectivity index is 1.57. The Morgan fingerprint density at radius 1 is 1.36 bits per heavy atom. The van der Waals surface area contributed by atoms with E-state index >= 15 is 0 Å². The quantitative estimate of drug-likeness (QED) is 0.784. The zero-order chi connectivity index (χ0) is 15.5. The number of phenols is 1. The number of aromatic hydroxyl groups is 1. The van der Waals surface area contributed by atoms with E-state index in [9.17, 15) is 9.90 Å². The van der Waals surface area contributed by atoms with Crippen LogP contribution in [0.5, 0.6) is 5.75 Å². The Labute approximate surface area is 128 Å². The number of carbonyl (C=O) groups is 1. The van der Waals surface area contributed by atoms with Gasteiger partial charge < -0.3 is 10.2 Å². The van der Waals surface area contributed by atoms with Crippen LogP contribution >= 0.6 is 0 Å². The lowest BCUT2D eigenvalue weighted by molar-refractivity contribution is 0.0688. The zero-order valence-electron chi connectivity index (χ0n) is 12.2. The maximum Gasteiger partial charge on any atom is 0.354 e. The number of carboxylic acid groups (broad SMARTS) is 1. The largest absolute Gasteiger partial charge is 0.508 e. The van der Waals surface area contributed by atoms with E-state index in [2.05, 4.69) is 15.1 Å². The van der Waals surface area contributed by atoms with Crippen LogP contribution < -0.4 is 0 Å². The number of rotatable bonds is 5. The number of likely N-dealkylation sites (tertiary alicyclic amines) is 1. The molecule has 6 heteroatoms. The van der Waals surface area contributed by atoms with Crippen molar-refractivity contribution in [2.45, 2.75) is 19.4 Å². The Morgan fingerprint density at radius 3 is 2.86 bits per heavy atom. The lowest BCUT2D eigenvalue weighted by atomic mass is 9.99. The lowest BCUT2D eigenvalue weighted by Crippen LogP contribution is -2.21. The van der Waals surface area contributed by atoms with Crippen LogP contribution in [0.25, 0.3) is 0 Å². The van der Waals surface area contributed by atoms with Gasteiger partial charge in [0.2, 0.25) is 0 Å². The minimum absolute atomic E-state index is 0.182. The molecule has 1 aromatic carbocycles. The first-order chi connectivity index (χ1) is 10.6. The summed E-state index contributed by atoms with van der Waals surface area (Å²) in [5, 5.41) is 24.8. The van der Waals surface area contributed by atoms with Gasteiger partial charge in [-0.25, -0.2) is 4.79 Å². The minimum atomic E-state index is -0.965. The number of aromatic nitrogens is 2. The fourth-order valence-electron chi connectivity index (χ4n) is 3.05. The highest BCUT2D eigenvalue weighted by Gasteiger charge is 2.24. The Kier molecular flexibility index (Phi) is 4.11. The van der Waals surface area contributed by atoms with E-state index in [0.717, 1.165) is 31.5 Å². The number of aromatic carboxylic acids is 1. The number of H-pyrrole nitrogens is 1. The Morgan fingerprint density at radius 2 is 2.14 bits per heavy atom. The van der Waals surface area contributed by atoms with E-state index in [-0.39, 0.29) is 11.4 Å². The van der Waals surface area contributed by atoms with Crippen molar-refractivity contribution in [2.75, 3.05) is 13.1 Å². The average molecular weight is 301 g/mol. The van der Waals surface area contributed by atoms with E-state index in [0.29, 0.717) is 12.5 Å². The molecular formula is C16H19N3O3. The summed E-state index contributed by atoms with van der Waals surface area (Å²) >= 11 is 0. The molecule has 1 fully saturated rings. The smallest absolute Gasteiger partial charge is 0.354 e. The summed E-state index contributed by atoms with van der Waals surface area (Å²) in [7, 11) is 0. The van der Waals surface area contributed by atoms with Crippen LogP contribution in [0.15, 0.2) is 30.5 Å². The third-order valence-electron chi connectivity index (χ3n) is 4.16. The molecule has 0 saturated carbocycles. The lowest BCUT2D eigenvalue weighted by Gasteiger charge is -2.15. The standard InChI is InChI=1S/C16H19N3O3/c20-14-3-1-11(2-4-14)7-12-5-6-19(9-12)10-13-8-17-18-15(13)16(21)22/h1-4,8,12,20H,5-7,9-10H2,(H,17,18)(H,21,22). The minimum Gasteiger partial charge on any atom is -0.508 e. The predicted octanol–water partition coefficient (Wildman–Crippen LogP) is 1.88. The zero-order valence-corrected chi connectivity index (χ0v) is 12.2. The van der Waals surface area contributed by atoms with Crippen LogP contribution in [0, 0.1) is 5.92 Å². The summed E-state index contributed by atoms with van der Waals surface area (Å²) in [6, 6.07) is 7.34. The second-order valence-corrected chi connectivity index (χ2v) is 5.84. The van der Waals surface area contributed by atoms with E-state index < -0.39 is 5.97 Å². The molecule has 0 spiro atoms. The molecule has 0 radical (unpaired) electrons. The van der Waals surface area contributed by atoms with Crippen LogP contribution in [0.4, 0.5) is 0 Å². The van der Waals surface area contributed by atoms with Gasteiger partial charge in [-0.1, -0.05) is 12.1 Å². The highest BCUT2D eigenvalue weighted by Crippen LogP contribution is 2.23. The van der Waals surface area contributed by atoms with E-state index in [1.54, 1.807) is 18.3 Å². The molecule has 6 nitrogen and oxygen atoms in total. The second kappa shape index (κ2) is 6.19. The summed E-state index contributed by atoms with van der Waals surface area (Å²) in [6.07, 6.45) is 3.67. The van der Waals surface area contributed by atoms with Crippen molar-refractivity contribution in [1.29, 1.82) is 0 Å². The fourth-order valence-corrected chi connectivity index (χ4v) is 3.05. The summed E-state index contributed by atoms with van der Waals surface area (Å²) in [4.78, 5) is 13.3. The molecule has 2 heterocycles. The van der Waals surface area contributed by atoms with Gasteiger partial charge in [-0.15, -0.1) is 0 Å². The summed E-state index contributed by atoms with van der Waals surface area (Å²) in [5.74, 6) is -0.116. The molecule has 3 N–H and O–H groups in total. The number of benzene rings is 1. The number of nitrogens with zero attached hydrogens (tertiary/aromatic N) is 2. The van der Waals surface area contributed by atoms with Crippen LogP contribution in [0.3, 0.4) is 0 Å². The molecule has 116 valence electrons. The molecule has 0 amide bonds. The highest BCUT2D eigenvalue weighted by atomic mass is 16.4. The van der Waals surface area contributed by atoms with Gasteiger partial charge in [-0.2, -0.15) is 5.10 Å². The van der Waals surface area contributed by atoms with Crippen molar-refractivity contribution in [3.05, 3.63) is 47.3 Å². The number of phenolic OH excluding ortho intramolecular Hbond substituents is 1. The third kappa shape index (κ3) is 3.28. The molecule has 1 aromatic heterocycles. The van der Waals surface area contributed by atoms with Gasteiger partial charge in [0.1, 0.15) is 11.4 Å². The predicted molar refractivity (Wildman–Crippen MR) is 80.7 cm³/mol. The number of nitrogens with one attached hydrogen (secondary N) is 1. The van der Waals surface area contributed by atoms with Crippen molar-refractivity contribution in [3.8, 4) is 5.75 Å². The van der Waals surface area contributed by atoms with E-state index in [4.69, 9.17) is 5.11 Å². The van der Waals surface area contributed by atoms with Gasteiger partial charge in [0.05, 0.1) is 6.20 Å². The molecule has 0 bridgehead atoms. The Hall–Kier alpha value is -2.34. The maximum absolute atomic E-state index is 11.1. The van der Waals surface area contributed by atoms with Crippen LogP contribution in [-0.4, -0.2) is 44.4 Å². The molecule has 1 unspecified atom stereocenters. The topological polar surface area (TPSA) is 89.4 Å². The van der Waals surface area contributed by atoms with Crippen LogP contribution in [0.1, 0.15) is 28.0 Å². The van der Waals surface area contributed by atoms with Gasteiger partial charge in [0.15, 0.2) is 0 Å². The first-order valence-electron chi connectivity index (χ1n) is 7.37. The van der Waals surface area contributed by atoms with Gasteiger partial charge >= 0.3 is 5.97 Å². The van der Waals surface area contributed by atoms with Crippen molar-refractivity contribution in [3.63, 3.8) is 0 Å². The fraction of sp³-hybridized carbons (Fsp3) is 0.375. The SMILES string of the molecule is O=C(O)c1[nH]ncc1CN1CCC(Cc2ccc(O)cc2)C1. The van der Waals surface area contributed by atoms with Gasteiger partial charge in [0, 0.05) is 18.7 Å². The number of hydrogen-bond acceptors (Lipinski definition) is 4. The molecule has 1 atom stereocenters. The van der Waals surface area contributed by atoms with Crippen LogP contribution in [0.2, 0.25) is 0 Å². The molecule has 1 aliphatic rings. The summed E-state index contributed by atoms with van der Waals surface area (Å²) in [5.41, 5.74) is 2.14. The maximum atomic E-state index is 11.1. The van der Waals surface area contributed by atoms with E-state index in [1.165, 1.54) is 5.56 Å². The molecule has 1 aliphatic heterocycles. The third-order valence-corrected chi connectivity index (χ3v) is 4.16. The Bertz CT molecular complexity index is 651. The van der Waals surface area contributed by atoms with Gasteiger partial charge in [-0.3, -0.25) is 10.00 Å². The average Bonchev–Trinajstić information content (AvgIpc) is 3.11. The van der Waals surface area contributed by atoms with Crippen molar-refractivity contribution >= 4 is 5.97 Å². The van der Waals surface area contributed by atoms with Gasteiger partial charge in [-0.05, 0) is 43.0 Å². The number of hydrogen-bond donors (Lipinski definition) is 3. The number of carboxylic acids is 1. The van der Waals surface area contributed by atoms with Crippen molar-refractivity contribution < 1.29 is 15.0 Å². The molecule has 3 rings (SSSR count). The monoisotopic (exact) mass is 301 g/mol.